The minimum absolute atomic E-state index is 0.231. The van der Waals surface area contributed by atoms with Gasteiger partial charge in [-0.2, -0.15) is 0 Å². The SMILES string of the molecule is CC(C)C(=O)O.CC(C)CC(=O)O.CC(C)CCC(=O)O.CC(C)CCCC(=O)O. The van der Waals surface area contributed by atoms with Gasteiger partial charge in [0.25, 0.3) is 0 Å². The molecule has 0 radical (unpaired) electrons. The molecule has 0 aromatic heterocycles. The molecule has 0 fully saturated rings. The second kappa shape index (κ2) is 23.2. The number of hydrogen-bond donors (Lipinski definition) is 4. The van der Waals surface area contributed by atoms with Crippen molar-refractivity contribution in [3.8, 4) is 0 Å². The summed E-state index contributed by atoms with van der Waals surface area (Å²) >= 11 is 0. The van der Waals surface area contributed by atoms with Crippen LogP contribution in [-0.4, -0.2) is 44.3 Å². The van der Waals surface area contributed by atoms with Crippen LogP contribution in [-0.2, 0) is 19.2 Å². The Hall–Kier alpha value is -2.12. The summed E-state index contributed by atoms with van der Waals surface area (Å²) < 4.78 is 0. The molecule has 0 atom stereocenters. The van der Waals surface area contributed by atoms with Gasteiger partial charge in [-0.15, -0.1) is 0 Å². The monoisotopic (exact) mass is 436 g/mol. The van der Waals surface area contributed by atoms with E-state index >= 15 is 0 Å². The van der Waals surface area contributed by atoms with Crippen LogP contribution in [0.15, 0.2) is 0 Å². The maximum atomic E-state index is 9.98. The van der Waals surface area contributed by atoms with Gasteiger partial charge in [0.2, 0.25) is 0 Å². The van der Waals surface area contributed by atoms with Gasteiger partial charge in [-0.05, 0) is 30.6 Å². The van der Waals surface area contributed by atoms with Gasteiger partial charge in [-0.25, -0.2) is 0 Å². The van der Waals surface area contributed by atoms with Crippen LogP contribution in [0.2, 0.25) is 0 Å². The molecule has 0 aliphatic carbocycles. The lowest BCUT2D eigenvalue weighted by molar-refractivity contribution is -0.141. The van der Waals surface area contributed by atoms with Crippen LogP contribution in [0.4, 0.5) is 0 Å². The molecule has 4 N–H and O–H groups in total. The molecule has 8 heteroatoms. The Morgan fingerprint density at radius 1 is 0.567 bits per heavy atom. The molecule has 0 heterocycles. The first-order valence-electron chi connectivity index (χ1n) is 10.4. The zero-order valence-electron chi connectivity index (χ0n) is 20.0. The summed E-state index contributed by atoms with van der Waals surface area (Å²) in [6, 6.07) is 0. The van der Waals surface area contributed by atoms with E-state index in [1.165, 1.54) is 0 Å². The number of rotatable bonds is 10. The van der Waals surface area contributed by atoms with E-state index in [9.17, 15) is 19.2 Å². The van der Waals surface area contributed by atoms with Crippen molar-refractivity contribution in [3.63, 3.8) is 0 Å². The average molecular weight is 437 g/mol. The molecule has 8 nitrogen and oxygen atoms in total. The summed E-state index contributed by atoms with van der Waals surface area (Å²) in [7, 11) is 0. The molecule has 0 aromatic carbocycles. The fraction of sp³-hybridized carbons (Fsp3) is 0.818. The Labute approximate surface area is 181 Å². The van der Waals surface area contributed by atoms with Crippen molar-refractivity contribution in [2.45, 2.75) is 93.9 Å². The standard InChI is InChI=1S/C7H14O2.C6H12O2.C5H10O2.C4H8O2/c1-6(2)4-3-5-7(8)9;1-5(2)3-4-6(7)8;1-4(2)3-5(6)7;1-3(2)4(5)6/h6H,3-5H2,1-2H3,(H,8,9);5H,3-4H2,1-2H3,(H,7,8);4H,3H2,1-2H3,(H,6,7);3H,1-2H3,(H,5,6). The minimum Gasteiger partial charge on any atom is -0.481 e. The lowest BCUT2D eigenvalue weighted by Crippen LogP contribution is -2.03. The number of carbonyl (C=O) groups is 4. The molecule has 0 saturated carbocycles. The summed E-state index contributed by atoms with van der Waals surface area (Å²) in [6.07, 6.45) is 3.52. The Morgan fingerprint density at radius 3 is 1.07 bits per heavy atom. The third kappa shape index (κ3) is 56.2. The van der Waals surface area contributed by atoms with E-state index in [2.05, 4.69) is 13.8 Å². The Morgan fingerprint density at radius 2 is 0.933 bits per heavy atom. The molecule has 0 aliphatic rings. The van der Waals surface area contributed by atoms with Crippen LogP contribution in [0.3, 0.4) is 0 Å². The lowest BCUT2D eigenvalue weighted by Gasteiger charge is -1.99. The Balaban J connectivity index is -0.000000152. The third-order valence-electron chi connectivity index (χ3n) is 3.18. The van der Waals surface area contributed by atoms with Gasteiger partial charge in [0, 0.05) is 19.3 Å². The van der Waals surface area contributed by atoms with Crippen molar-refractivity contribution in [1.29, 1.82) is 0 Å². The fourth-order valence-corrected chi connectivity index (χ4v) is 1.42. The predicted molar refractivity (Wildman–Crippen MR) is 118 cm³/mol. The van der Waals surface area contributed by atoms with Gasteiger partial charge >= 0.3 is 23.9 Å². The van der Waals surface area contributed by atoms with E-state index in [1.54, 1.807) is 13.8 Å². The molecule has 0 spiro atoms. The molecule has 30 heavy (non-hydrogen) atoms. The second-order valence-corrected chi connectivity index (χ2v) is 8.49. The largest absolute Gasteiger partial charge is 0.481 e. The molecular formula is C22H44O8. The lowest BCUT2D eigenvalue weighted by atomic mass is 10.1. The van der Waals surface area contributed by atoms with Crippen molar-refractivity contribution in [2.24, 2.45) is 23.7 Å². The summed E-state index contributed by atoms with van der Waals surface area (Å²) in [6.45, 7) is 15.3. The molecule has 0 unspecified atom stereocenters. The molecule has 0 amide bonds. The van der Waals surface area contributed by atoms with Gasteiger partial charge < -0.3 is 20.4 Å². The molecule has 0 saturated heterocycles. The molecular weight excluding hydrogens is 392 g/mol. The minimum atomic E-state index is -0.741. The normalized spacial score (nSPS) is 9.73. The van der Waals surface area contributed by atoms with Crippen molar-refractivity contribution < 1.29 is 39.6 Å². The van der Waals surface area contributed by atoms with Crippen molar-refractivity contribution in [3.05, 3.63) is 0 Å². The molecule has 0 rings (SSSR count). The number of aliphatic carboxylic acids is 4. The maximum absolute atomic E-state index is 9.98. The first-order valence-corrected chi connectivity index (χ1v) is 10.4. The quantitative estimate of drug-likeness (QED) is 0.363. The summed E-state index contributed by atoms with van der Waals surface area (Å²) in [5, 5.41) is 32.5. The van der Waals surface area contributed by atoms with Crippen molar-refractivity contribution >= 4 is 23.9 Å². The first kappa shape index (κ1) is 35.3. The smallest absolute Gasteiger partial charge is 0.305 e. The highest BCUT2D eigenvalue weighted by Crippen LogP contribution is 2.05. The van der Waals surface area contributed by atoms with E-state index in [4.69, 9.17) is 20.4 Å². The maximum Gasteiger partial charge on any atom is 0.305 e. The third-order valence-corrected chi connectivity index (χ3v) is 3.18. The number of carboxylic acids is 4. The average Bonchev–Trinajstić information content (AvgIpc) is 2.52. The van der Waals surface area contributed by atoms with Gasteiger partial charge in [0.15, 0.2) is 0 Å². The van der Waals surface area contributed by atoms with Crippen LogP contribution in [0.25, 0.3) is 0 Å². The summed E-state index contributed by atoms with van der Waals surface area (Å²) in [5.41, 5.74) is 0. The van der Waals surface area contributed by atoms with Crippen molar-refractivity contribution in [2.75, 3.05) is 0 Å². The van der Waals surface area contributed by atoms with Gasteiger partial charge in [0.05, 0.1) is 5.92 Å². The van der Waals surface area contributed by atoms with Gasteiger partial charge in [-0.3, -0.25) is 19.2 Å². The second-order valence-electron chi connectivity index (χ2n) is 8.49. The fourth-order valence-electron chi connectivity index (χ4n) is 1.42. The van der Waals surface area contributed by atoms with Crippen LogP contribution >= 0.6 is 0 Å². The Kier molecular flexibility index (Phi) is 27.3. The molecule has 0 bridgehead atoms. The summed E-state index contributed by atoms with van der Waals surface area (Å²) in [4.78, 5) is 39.4. The van der Waals surface area contributed by atoms with E-state index in [0.717, 1.165) is 19.3 Å². The summed E-state index contributed by atoms with van der Waals surface area (Å²) in [5.74, 6) is -1.66. The predicted octanol–water partition coefficient (Wildman–Crippen LogP) is 5.25. The topological polar surface area (TPSA) is 149 Å². The van der Waals surface area contributed by atoms with Gasteiger partial charge in [0.1, 0.15) is 0 Å². The highest BCUT2D eigenvalue weighted by molar-refractivity contribution is 5.68. The van der Waals surface area contributed by atoms with E-state index in [0.29, 0.717) is 24.7 Å². The van der Waals surface area contributed by atoms with E-state index < -0.39 is 23.9 Å². The van der Waals surface area contributed by atoms with Crippen LogP contribution in [0.5, 0.6) is 0 Å². The number of hydrogen-bond acceptors (Lipinski definition) is 4. The zero-order chi connectivity index (χ0) is 24.9. The number of carboxylic acid groups (broad SMARTS) is 4. The molecule has 0 aromatic rings. The molecule has 0 aliphatic heterocycles. The van der Waals surface area contributed by atoms with E-state index in [1.807, 2.05) is 27.7 Å². The Bertz CT molecular complexity index is 454. The van der Waals surface area contributed by atoms with Gasteiger partial charge in [-0.1, -0.05) is 61.8 Å². The van der Waals surface area contributed by atoms with Crippen molar-refractivity contribution in [1.82, 2.24) is 0 Å². The van der Waals surface area contributed by atoms with Crippen LogP contribution in [0, 0.1) is 23.7 Å². The first-order chi connectivity index (χ1) is 13.5. The van der Waals surface area contributed by atoms with Crippen LogP contribution < -0.4 is 0 Å². The van der Waals surface area contributed by atoms with E-state index in [-0.39, 0.29) is 18.3 Å². The highest BCUT2D eigenvalue weighted by Gasteiger charge is 2.00. The highest BCUT2D eigenvalue weighted by atomic mass is 16.4. The zero-order valence-corrected chi connectivity index (χ0v) is 20.0. The molecule has 180 valence electrons. The van der Waals surface area contributed by atoms with Crippen LogP contribution in [0.1, 0.15) is 93.9 Å².